The molecule has 0 spiro atoms. The normalized spacial score (nSPS) is 19.5. The molecule has 1 saturated carbocycles. The molecule has 0 unspecified atom stereocenters. The highest BCUT2D eigenvalue weighted by molar-refractivity contribution is 5.86. The number of anilines is 1. The van der Waals surface area contributed by atoms with Crippen molar-refractivity contribution in [1.29, 1.82) is 5.26 Å². The zero-order chi connectivity index (χ0) is 29.0. The van der Waals surface area contributed by atoms with E-state index in [4.69, 9.17) is 9.47 Å². The van der Waals surface area contributed by atoms with Crippen molar-refractivity contribution in [3.8, 4) is 22.9 Å². The molecule has 206 valence electrons. The first kappa shape index (κ1) is 29.4. The van der Waals surface area contributed by atoms with Gasteiger partial charge in [-0.15, -0.1) is 0 Å². The fourth-order valence-corrected chi connectivity index (χ4v) is 4.46. The van der Waals surface area contributed by atoms with E-state index >= 15 is 0 Å². The molecule has 0 N–H and O–H groups in total. The fraction of sp³-hybridized carbons (Fsp3) is 0.393. The molecule has 1 aromatic heterocycles. The van der Waals surface area contributed by atoms with Gasteiger partial charge in [-0.3, -0.25) is 4.99 Å². The number of methoxy groups -OCH3 is 1. The van der Waals surface area contributed by atoms with Gasteiger partial charge >= 0.3 is 6.09 Å². The van der Waals surface area contributed by atoms with Gasteiger partial charge in [-0.25, -0.2) is 32.8 Å². The molecule has 1 aliphatic rings. The molecule has 8 nitrogen and oxygen atoms in total. The number of allylic oxidation sites excluding steroid dienone is 3. The smallest absolute Gasteiger partial charge is 0.417 e. The Hall–Kier alpha value is -4.20. The SMILES string of the molecule is C=N/C(=C(F)\C=C/C)[C@]1(CN(C(=O)OC(C)(C)C)c2ncc(-c3c(F)ccc(C#N)c3OC)cn2)C[C@@H](F)C1. The fourth-order valence-electron chi connectivity index (χ4n) is 4.46. The van der Waals surface area contributed by atoms with Crippen LogP contribution in [0.1, 0.15) is 46.1 Å². The lowest BCUT2D eigenvalue weighted by molar-refractivity contribution is 0.0412. The Morgan fingerprint density at radius 2 is 1.97 bits per heavy atom. The van der Waals surface area contributed by atoms with Crippen molar-refractivity contribution in [3.05, 3.63) is 59.6 Å². The van der Waals surface area contributed by atoms with E-state index in [0.29, 0.717) is 0 Å². The second-order valence-corrected chi connectivity index (χ2v) is 10.1. The Labute approximate surface area is 225 Å². The van der Waals surface area contributed by atoms with Crippen LogP contribution in [0.5, 0.6) is 5.75 Å². The quantitative estimate of drug-likeness (QED) is 0.280. The number of nitriles is 1. The lowest BCUT2D eigenvalue weighted by atomic mass is 9.64. The summed E-state index contributed by atoms with van der Waals surface area (Å²) in [7, 11) is 1.31. The van der Waals surface area contributed by atoms with Crippen LogP contribution >= 0.6 is 0 Å². The second-order valence-electron chi connectivity index (χ2n) is 10.1. The van der Waals surface area contributed by atoms with Crippen molar-refractivity contribution in [2.45, 2.75) is 52.3 Å². The Bertz CT molecular complexity index is 1340. The average molecular weight is 542 g/mol. The monoisotopic (exact) mass is 541 g/mol. The van der Waals surface area contributed by atoms with Gasteiger partial charge in [0.05, 0.1) is 23.9 Å². The van der Waals surface area contributed by atoms with Gasteiger partial charge in [0.25, 0.3) is 0 Å². The van der Waals surface area contributed by atoms with Crippen LogP contribution in [0.2, 0.25) is 0 Å². The van der Waals surface area contributed by atoms with Crippen LogP contribution in [-0.4, -0.2) is 48.2 Å². The molecule has 0 bridgehead atoms. The molecule has 1 aliphatic carbocycles. The number of hydrogen-bond donors (Lipinski definition) is 0. The van der Waals surface area contributed by atoms with E-state index in [2.05, 4.69) is 21.7 Å². The zero-order valence-electron chi connectivity index (χ0n) is 22.5. The molecule has 1 aromatic carbocycles. The van der Waals surface area contributed by atoms with Gasteiger partial charge in [0, 0.05) is 29.9 Å². The Morgan fingerprint density at radius 1 is 1.33 bits per heavy atom. The van der Waals surface area contributed by atoms with Crippen molar-refractivity contribution >= 4 is 18.8 Å². The number of carbonyl (C=O) groups is 1. The van der Waals surface area contributed by atoms with Crippen molar-refractivity contribution in [2.24, 2.45) is 10.4 Å². The van der Waals surface area contributed by atoms with E-state index in [9.17, 15) is 23.2 Å². The molecule has 11 heteroatoms. The first-order chi connectivity index (χ1) is 18.4. The Kier molecular flexibility index (Phi) is 8.79. The zero-order valence-corrected chi connectivity index (χ0v) is 22.5. The van der Waals surface area contributed by atoms with Crippen LogP contribution in [0, 0.1) is 22.6 Å². The average Bonchev–Trinajstić information content (AvgIpc) is 2.85. The summed E-state index contributed by atoms with van der Waals surface area (Å²) in [6, 6.07) is 4.36. The minimum Gasteiger partial charge on any atom is -0.495 e. The van der Waals surface area contributed by atoms with E-state index in [1.54, 1.807) is 27.7 Å². The second kappa shape index (κ2) is 11.7. The molecule has 1 heterocycles. The first-order valence-corrected chi connectivity index (χ1v) is 12.1. The van der Waals surface area contributed by atoms with Crippen LogP contribution in [0.15, 0.2) is 53.2 Å². The minimum absolute atomic E-state index is 0.00606. The standard InChI is InChI=1S/C28H30F3N5O3/c1-7-8-21(31)24(33-5)28(11-19(29)12-28)16-36(26(37)39-27(2,3)4)25-34-14-18(15-35-25)22-20(30)10-9-17(13-32)23(22)38-6/h7-10,14-15,19H,5,11-12,16H2,1-4,6H3/b8-7-,24-21+/t19-,28-. The maximum Gasteiger partial charge on any atom is 0.417 e. The number of ether oxygens (including phenoxy) is 2. The minimum atomic E-state index is -1.23. The third-order valence-corrected chi connectivity index (χ3v) is 6.10. The van der Waals surface area contributed by atoms with Gasteiger partial charge in [-0.1, -0.05) is 6.08 Å². The number of rotatable bonds is 8. The van der Waals surface area contributed by atoms with Crippen molar-refractivity contribution in [3.63, 3.8) is 0 Å². The number of aliphatic imine (C=N–C) groups is 1. The summed E-state index contributed by atoms with van der Waals surface area (Å²) in [6.45, 7) is 9.85. The lowest BCUT2D eigenvalue weighted by Gasteiger charge is -2.46. The van der Waals surface area contributed by atoms with Crippen molar-refractivity contribution in [1.82, 2.24) is 9.97 Å². The number of nitrogens with zero attached hydrogens (tertiary/aromatic N) is 5. The summed E-state index contributed by atoms with van der Waals surface area (Å²) in [5, 5.41) is 9.36. The largest absolute Gasteiger partial charge is 0.495 e. The number of carbonyl (C=O) groups excluding carboxylic acids is 1. The van der Waals surface area contributed by atoms with E-state index in [1.807, 2.05) is 6.07 Å². The summed E-state index contributed by atoms with van der Waals surface area (Å²) in [5.41, 5.74) is -1.92. The predicted molar refractivity (Wildman–Crippen MR) is 141 cm³/mol. The molecule has 1 amide bonds. The first-order valence-electron chi connectivity index (χ1n) is 12.1. The molecule has 39 heavy (non-hydrogen) atoms. The summed E-state index contributed by atoms with van der Waals surface area (Å²) in [4.78, 5) is 26.7. The van der Waals surface area contributed by atoms with Gasteiger partial charge in [0.1, 0.15) is 35.2 Å². The number of amides is 1. The van der Waals surface area contributed by atoms with Crippen LogP contribution in [-0.2, 0) is 4.74 Å². The maximum atomic E-state index is 14.9. The summed E-state index contributed by atoms with van der Waals surface area (Å²) < 4.78 is 54.7. The third-order valence-electron chi connectivity index (χ3n) is 6.10. The highest BCUT2D eigenvalue weighted by Crippen LogP contribution is 2.51. The van der Waals surface area contributed by atoms with Crippen molar-refractivity contribution < 1.29 is 27.4 Å². The predicted octanol–water partition coefficient (Wildman–Crippen LogP) is 6.48. The van der Waals surface area contributed by atoms with Gasteiger partial charge in [0.15, 0.2) is 0 Å². The molecular formula is C28H30F3N5O3. The van der Waals surface area contributed by atoms with E-state index in [1.165, 1.54) is 37.7 Å². The number of benzene rings is 1. The molecule has 0 atom stereocenters. The van der Waals surface area contributed by atoms with Crippen LogP contribution in [0.25, 0.3) is 11.1 Å². The number of aromatic nitrogens is 2. The highest BCUT2D eigenvalue weighted by Gasteiger charge is 2.51. The third kappa shape index (κ3) is 6.28. The number of hydrogen-bond acceptors (Lipinski definition) is 7. The number of halogens is 3. The molecule has 2 aromatic rings. The van der Waals surface area contributed by atoms with Gasteiger partial charge in [-0.05, 0) is 65.5 Å². The van der Waals surface area contributed by atoms with Gasteiger partial charge in [0.2, 0.25) is 5.95 Å². The van der Waals surface area contributed by atoms with Gasteiger partial charge in [-0.2, -0.15) is 5.26 Å². The van der Waals surface area contributed by atoms with E-state index < -0.39 is 34.9 Å². The molecule has 1 fully saturated rings. The van der Waals surface area contributed by atoms with Crippen molar-refractivity contribution in [2.75, 3.05) is 18.6 Å². The Morgan fingerprint density at radius 3 is 2.46 bits per heavy atom. The summed E-state index contributed by atoms with van der Waals surface area (Å²) >= 11 is 0. The van der Waals surface area contributed by atoms with Crippen LogP contribution in [0.3, 0.4) is 0 Å². The lowest BCUT2D eigenvalue weighted by Crippen LogP contribution is -2.51. The summed E-state index contributed by atoms with van der Waals surface area (Å²) in [6.07, 6.45) is 2.90. The Balaban J connectivity index is 2.10. The molecule has 0 aliphatic heterocycles. The van der Waals surface area contributed by atoms with Crippen LogP contribution < -0.4 is 9.64 Å². The maximum absolute atomic E-state index is 14.9. The molecular weight excluding hydrogens is 511 g/mol. The van der Waals surface area contributed by atoms with E-state index in [0.717, 1.165) is 11.0 Å². The molecule has 0 saturated heterocycles. The highest BCUT2D eigenvalue weighted by atomic mass is 19.1. The number of alkyl halides is 1. The summed E-state index contributed by atoms with van der Waals surface area (Å²) in [5.74, 6) is -1.49. The van der Waals surface area contributed by atoms with E-state index in [-0.39, 0.29) is 53.5 Å². The topological polar surface area (TPSA) is 101 Å². The van der Waals surface area contributed by atoms with Crippen LogP contribution in [0.4, 0.5) is 23.9 Å². The molecule has 0 radical (unpaired) electrons. The molecule has 3 rings (SSSR count). The van der Waals surface area contributed by atoms with Gasteiger partial charge < -0.3 is 9.47 Å².